The second-order valence-electron chi connectivity index (χ2n) is 6.80. The van der Waals surface area contributed by atoms with Crippen molar-refractivity contribution in [3.63, 3.8) is 0 Å². The number of nitrogens with zero attached hydrogens (tertiary/aromatic N) is 1. The maximum Gasteiger partial charge on any atom is 0.261 e. The highest BCUT2D eigenvalue weighted by atomic mass is 79.9. The normalized spacial score (nSPS) is 12.2. The van der Waals surface area contributed by atoms with Crippen LogP contribution in [0.4, 0.5) is 0 Å². The summed E-state index contributed by atoms with van der Waals surface area (Å²) in [5.74, 6) is -0.0579. The molecule has 3 heterocycles. The molecule has 5 nitrogen and oxygen atoms in total. The number of amides is 1. The average Bonchev–Trinajstić information content (AvgIpc) is 3.35. The molecule has 0 aliphatic rings. The molecule has 4 rings (SSSR count). The lowest BCUT2D eigenvalue weighted by Gasteiger charge is -2.18. The van der Waals surface area contributed by atoms with Gasteiger partial charge in [-0.3, -0.25) is 4.79 Å². The van der Waals surface area contributed by atoms with E-state index in [1.54, 1.807) is 6.20 Å². The van der Waals surface area contributed by atoms with E-state index in [4.69, 9.17) is 0 Å². The molecule has 1 atom stereocenters. The Hall–Kier alpha value is -2.48. The third-order valence-electron chi connectivity index (χ3n) is 4.73. The van der Waals surface area contributed by atoms with Gasteiger partial charge in [0.2, 0.25) is 0 Å². The molecule has 0 saturated heterocycles. The maximum absolute atomic E-state index is 13.0. The lowest BCUT2D eigenvalue weighted by Crippen LogP contribution is -2.42. The molecule has 0 saturated carbocycles. The zero-order valence-electron chi connectivity index (χ0n) is 15.9. The molecule has 1 unspecified atom stereocenters. The monoisotopic (exact) mass is 468 g/mol. The van der Waals surface area contributed by atoms with Crippen molar-refractivity contribution in [1.29, 1.82) is 0 Å². The summed E-state index contributed by atoms with van der Waals surface area (Å²) in [5, 5.41) is 7.39. The Bertz CT molecular complexity index is 1120. The van der Waals surface area contributed by atoms with Gasteiger partial charge in [0, 0.05) is 40.4 Å². The van der Waals surface area contributed by atoms with Crippen LogP contribution in [-0.4, -0.2) is 35.5 Å². The second kappa shape index (κ2) is 8.90. The van der Waals surface area contributed by atoms with Gasteiger partial charge in [-0.25, -0.2) is 4.98 Å². The van der Waals surface area contributed by atoms with Crippen LogP contribution in [0.5, 0.6) is 0 Å². The molecule has 3 aromatic heterocycles. The average molecular weight is 469 g/mol. The maximum atomic E-state index is 13.0. The third kappa shape index (κ3) is 4.42. The first-order valence-electron chi connectivity index (χ1n) is 9.37. The molecule has 0 aliphatic heterocycles. The second-order valence-corrected chi connectivity index (χ2v) is 8.71. The van der Waals surface area contributed by atoms with Gasteiger partial charge in [0.15, 0.2) is 0 Å². The summed E-state index contributed by atoms with van der Waals surface area (Å²) >= 11 is 5.12. The minimum absolute atomic E-state index is 0.0107. The van der Waals surface area contributed by atoms with Crippen molar-refractivity contribution in [1.82, 2.24) is 20.6 Å². The first-order chi connectivity index (χ1) is 14.2. The van der Waals surface area contributed by atoms with E-state index >= 15 is 0 Å². The van der Waals surface area contributed by atoms with Crippen LogP contribution in [0.2, 0.25) is 0 Å². The Kier molecular flexibility index (Phi) is 6.08. The standard InChI is InChI=1S/C22H21BrN4OS/c1-24-13-15(11-14-5-3-2-4-6-14)27-22(28)19-12-18(23)20(29-19)16-7-9-25-21-17(16)8-10-26-21/h2-10,12,15,24H,11,13H2,1H3,(H,25,26)(H,27,28). The van der Waals surface area contributed by atoms with Crippen LogP contribution in [0.3, 0.4) is 0 Å². The number of aromatic amines is 1. The molecule has 0 spiro atoms. The minimum atomic E-state index is -0.0579. The molecule has 0 bridgehead atoms. The minimum Gasteiger partial charge on any atom is -0.347 e. The number of halogens is 1. The Balaban J connectivity index is 1.56. The van der Waals surface area contributed by atoms with E-state index in [0.29, 0.717) is 11.4 Å². The van der Waals surface area contributed by atoms with Crippen LogP contribution in [0.25, 0.3) is 21.5 Å². The van der Waals surface area contributed by atoms with Gasteiger partial charge in [0.25, 0.3) is 5.91 Å². The first-order valence-corrected chi connectivity index (χ1v) is 11.0. The number of nitrogens with one attached hydrogen (secondary N) is 3. The smallest absolute Gasteiger partial charge is 0.261 e. The highest BCUT2D eigenvalue weighted by Gasteiger charge is 2.19. The number of benzene rings is 1. The van der Waals surface area contributed by atoms with Gasteiger partial charge in [0.1, 0.15) is 5.65 Å². The quantitative estimate of drug-likeness (QED) is 0.370. The summed E-state index contributed by atoms with van der Waals surface area (Å²) in [6, 6.07) is 16.1. The topological polar surface area (TPSA) is 69.8 Å². The summed E-state index contributed by atoms with van der Waals surface area (Å²) in [4.78, 5) is 22.1. The van der Waals surface area contributed by atoms with Crippen LogP contribution >= 0.6 is 27.3 Å². The van der Waals surface area contributed by atoms with Gasteiger partial charge in [-0.2, -0.15) is 0 Å². The molecule has 4 aromatic rings. The molecule has 148 valence electrons. The van der Waals surface area contributed by atoms with Gasteiger partial charge in [-0.1, -0.05) is 30.3 Å². The Morgan fingerprint density at radius 2 is 2.07 bits per heavy atom. The number of likely N-dealkylation sites (N-methyl/N-ethyl adjacent to an activating group) is 1. The number of carbonyl (C=O) groups is 1. The fourth-order valence-electron chi connectivity index (χ4n) is 3.40. The predicted molar refractivity (Wildman–Crippen MR) is 122 cm³/mol. The van der Waals surface area contributed by atoms with Gasteiger partial charge in [-0.05, 0) is 53.2 Å². The molecule has 1 aromatic carbocycles. The van der Waals surface area contributed by atoms with Crippen LogP contribution < -0.4 is 10.6 Å². The number of hydrogen-bond donors (Lipinski definition) is 3. The van der Waals surface area contributed by atoms with Gasteiger partial charge < -0.3 is 15.6 Å². The zero-order valence-corrected chi connectivity index (χ0v) is 18.3. The molecule has 7 heteroatoms. The molecular formula is C22H21BrN4OS. The third-order valence-corrected chi connectivity index (χ3v) is 6.78. The molecule has 0 radical (unpaired) electrons. The molecule has 1 amide bonds. The zero-order chi connectivity index (χ0) is 20.2. The van der Waals surface area contributed by atoms with Gasteiger partial charge in [0.05, 0.1) is 9.75 Å². The van der Waals surface area contributed by atoms with Crippen molar-refractivity contribution < 1.29 is 4.79 Å². The largest absolute Gasteiger partial charge is 0.347 e. The van der Waals surface area contributed by atoms with Crippen molar-refractivity contribution in [2.24, 2.45) is 0 Å². The van der Waals surface area contributed by atoms with Crippen LogP contribution in [0.15, 0.2) is 65.4 Å². The summed E-state index contributed by atoms with van der Waals surface area (Å²) in [6.45, 7) is 0.703. The first kappa shape index (κ1) is 19.8. The van der Waals surface area contributed by atoms with E-state index in [9.17, 15) is 4.79 Å². The summed E-state index contributed by atoms with van der Waals surface area (Å²) < 4.78 is 0.912. The molecule has 0 aliphatic carbocycles. The molecular weight excluding hydrogens is 448 g/mol. The van der Waals surface area contributed by atoms with E-state index in [-0.39, 0.29) is 11.9 Å². The Morgan fingerprint density at radius 3 is 2.86 bits per heavy atom. The van der Waals surface area contributed by atoms with Gasteiger partial charge >= 0.3 is 0 Å². The lowest BCUT2D eigenvalue weighted by atomic mass is 10.1. The predicted octanol–water partition coefficient (Wildman–Crippen LogP) is 4.61. The number of aromatic nitrogens is 2. The van der Waals surface area contributed by atoms with E-state index in [2.05, 4.69) is 48.7 Å². The summed E-state index contributed by atoms with van der Waals surface area (Å²) in [5.41, 5.74) is 3.10. The van der Waals surface area contributed by atoms with E-state index in [1.807, 2.05) is 49.6 Å². The number of carbonyl (C=O) groups excluding carboxylic acids is 1. The van der Waals surface area contributed by atoms with Crippen molar-refractivity contribution in [2.75, 3.05) is 13.6 Å². The SMILES string of the molecule is CNCC(Cc1ccccc1)NC(=O)c1cc(Br)c(-c2ccnc3[nH]ccc23)s1. The number of rotatable bonds is 7. The summed E-state index contributed by atoms with van der Waals surface area (Å²) in [7, 11) is 1.90. The van der Waals surface area contributed by atoms with Gasteiger partial charge in [-0.15, -0.1) is 11.3 Å². The fourth-order valence-corrected chi connectivity index (χ4v) is 5.23. The van der Waals surface area contributed by atoms with Crippen LogP contribution in [0, 0.1) is 0 Å². The summed E-state index contributed by atoms with van der Waals surface area (Å²) in [6.07, 6.45) is 4.44. The van der Waals surface area contributed by atoms with E-state index < -0.39 is 0 Å². The van der Waals surface area contributed by atoms with Crippen LogP contribution in [0.1, 0.15) is 15.2 Å². The van der Waals surface area contributed by atoms with E-state index in [0.717, 1.165) is 32.4 Å². The van der Waals surface area contributed by atoms with E-state index in [1.165, 1.54) is 16.9 Å². The van der Waals surface area contributed by atoms with Crippen LogP contribution in [-0.2, 0) is 6.42 Å². The number of thiophene rings is 1. The number of fused-ring (bicyclic) bond motifs is 1. The highest BCUT2D eigenvalue weighted by molar-refractivity contribution is 9.10. The number of H-pyrrole nitrogens is 1. The molecule has 29 heavy (non-hydrogen) atoms. The fraction of sp³-hybridized carbons (Fsp3) is 0.182. The van der Waals surface area contributed by atoms with Crippen molar-refractivity contribution >= 4 is 44.2 Å². The number of hydrogen-bond acceptors (Lipinski definition) is 4. The Morgan fingerprint density at radius 1 is 1.24 bits per heavy atom. The molecule has 3 N–H and O–H groups in total. The number of pyridine rings is 1. The van der Waals surface area contributed by atoms with Crippen molar-refractivity contribution in [2.45, 2.75) is 12.5 Å². The van der Waals surface area contributed by atoms with Crippen molar-refractivity contribution in [3.05, 3.63) is 75.8 Å². The highest BCUT2D eigenvalue weighted by Crippen LogP contribution is 2.39. The Labute approximate surface area is 181 Å². The molecule has 0 fully saturated rings. The lowest BCUT2D eigenvalue weighted by molar-refractivity contribution is 0.0941. The van der Waals surface area contributed by atoms with Crippen molar-refractivity contribution in [3.8, 4) is 10.4 Å².